The average molecular weight is 264 g/mol. The van der Waals surface area contributed by atoms with Gasteiger partial charge in [-0.3, -0.25) is 0 Å². The van der Waals surface area contributed by atoms with Gasteiger partial charge in [-0.05, 0) is 42.5 Å². The average Bonchev–Trinajstić information content (AvgIpc) is 2.42. The minimum absolute atomic E-state index is 0.389. The van der Waals surface area contributed by atoms with E-state index >= 15 is 0 Å². The Bertz CT molecular complexity index is 377. The Morgan fingerprint density at radius 3 is 2.58 bits per heavy atom. The highest BCUT2D eigenvalue weighted by Gasteiger charge is 2.10. The molecule has 0 aliphatic carbocycles. The molecule has 0 aliphatic heterocycles. The third-order valence-electron chi connectivity index (χ3n) is 3.61. The Kier molecular flexibility index (Phi) is 6.89. The predicted octanol–water partition coefficient (Wildman–Crippen LogP) is 2.37. The van der Waals surface area contributed by atoms with Crippen LogP contribution in [-0.4, -0.2) is 26.2 Å². The summed E-state index contributed by atoms with van der Waals surface area (Å²) >= 11 is 0. The van der Waals surface area contributed by atoms with Gasteiger partial charge in [-0.1, -0.05) is 32.9 Å². The Balaban J connectivity index is 2.60. The number of ether oxygens (including phenoxy) is 1. The minimum atomic E-state index is 0.389. The van der Waals surface area contributed by atoms with E-state index in [0.717, 1.165) is 25.1 Å². The van der Waals surface area contributed by atoms with Crippen LogP contribution >= 0.6 is 0 Å². The first-order chi connectivity index (χ1) is 9.12. The number of rotatable bonds is 8. The lowest BCUT2D eigenvalue weighted by atomic mass is 10.0. The molecule has 1 atom stereocenters. The number of aryl methyl sites for hydroxylation is 1. The maximum atomic E-state index is 5.77. The summed E-state index contributed by atoms with van der Waals surface area (Å²) in [6, 6.07) is 6.83. The lowest BCUT2D eigenvalue weighted by Gasteiger charge is -2.21. The van der Waals surface area contributed by atoms with Crippen LogP contribution in [0.1, 0.15) is 31.9 Å². The van der Waals surface area contributed by atoms with Crippen molar-refractivity contribution in [1.29, 1.82) is 0 Å². The fourth-order valence-corrected chi connectivity index (χ4v) is 2.23. The molecular formula is C16H28N2O. The van der Waals surface area contributed by atoms with Crippen LogP contribution in [0.2, 0.25) is 0 Å². The van der Waals surface area contributed by atoms with Crippen molar-refractivity contribution in [3.63, 3.8) is 0 Å². The Morgan fingerprint density at radius 2 is 2.05 bits per heavy atom. The number of methoxy groups -OCH3 is 1. The Morgan fingerprint density at radius 1 is 1.32 bits per heavy atom. The monoisotopic (exact) mass is 264 g/mol. The molecule has 1 aromatic rings. The molecule has 19 heavy (non-hydrogen) atoms. The maximum absolute atomic E-state index is 5.77. The summed E-state index contributed by atoms with van der Waals surface area (Å²) in [4.78, 5) is 0. The first kappa shape index (κ1) is 16.0. The molecule has 0 radical (unpaired) electrons. The van der Waals surface area contributed by atoms with Crippen LogP contribution < -0.4 is 15.8 Å². The quantitative estimate of drug-likeness (QED) is 0.758. The lowest BCUT2D eigenvalue weighted by Crippen LogP contribution is -2.41. The molecule has 3 heteroatoms. The van der Waals surface area contributed by atoms with Crippen molar-refractivity contribution < 1.29 is 4.74 Å². The van der Waals surface area contributed by atoms with Crippen LogP contribution in [-0.2, 0) is 12.8 Å². The normalized spacial score (nSPS) is 12.7. The van der Waals surface area contributed by atoms with Gasteiger partial charge >= 0.3 is 0 Å². The number of hydrogen-bond donors (Lipinski definition) is 2. The molecule has 108 valence electrons. The molecule has 0 amide bonds. The van der Waals surface area contributed by atoms with Gasteiger partial charge in [0.15, 0.2) is 0 Å². The van der Waals surface area contributed by atoms with Crippen molar-refractivity contribution in [2.24, 2.45) is 11.7 Å². The van der Waals surface area contributed by atoms with Gasteiger partial charge in [0.1, 0.15) is 5.75 Å². The number of benzene rings is 1. The summed E-state index contributed by atoms with van der Waals surface area (Å²) < 4.78 is 5.42. The van der Waals surface area contributed by atoms with Gasteiger partial charge in [0.25, 0.3) is 0 Å². The lowest BCUT2D eigenvalue weighted by molar-refractivity contribution is 0.397. The van der Waals surface area contributed by atoms with E-state index in [-0.39, 0.29) is 0 Å². The van der Waals surface area contributed by atoms with E-state index in [1.807, 2.05) is 0 Å². The summed E-state index contributed by atoms with van der Waals surface area (Å²) in [6.45, 7) is 8.19. The van der Waals surface area contributed by atoms with E-state index in [4.69, 9.17) is 10.5 Å². The van der Waals surface area contributed by atoms with Crippen molar-refractivity contribution >= 4 is 0 Å². The smallest absolute Gasteiger partial charge is 0.122 e. The van der Waals surface area contributed by atoms with Crippen LogP contribution in [0.5, 0.6) is 5.75 Å². The third-order valence-corrected chi connectivity index (χ3v) is 3.61. The summed E-state index contributed by atoms with van der Waals surface area (Å²) in [5, 5.41) is 3.53. The van der Waals surface area contributed by atoms with E-state index < -0.39 is 0 Å². The first-order valence-electron chi connectivity index (χ1n) is 7.21. The zero-order valence-electron chi connectivity index (χ0n) is 12.7. The van der Waals surface area contributed by atoms with E-state index in [9.17, 15) is 0 Å². The molecule has 0 spiro atoms. The molecule has 1 rings (SSSR count). The minimum Gasteiger partial charge on any atom is -0.496 e. The number of hydrogen-bond acceptors (Lipinski definition) is 3. The predicted molar refractivity (Wildman–Crippen MR) is 81.8 cm³/mol. The van der Waals surface area contributed by atoms with E-state index in [1.54, 1.807) is 7.11 Å². The third kappa shape index (κ3) is 4.84. The van der Waals surface area contributed by atoms with Gasteiger partial charge in [0.05, 0.1) is 7.11 Å². The molecule has 0 aliphatic rings. The first-order valence-corrected chi connectivity index (χ1v) is 7.21. The van der Waals surface area contributed by atoms with Gasteiger partial charge in [-0.2, -0.15) is 0 Å². The molecule has 0 bridgehead atoms. The van der Waals surface area contributed by atoms with Crippen LogP contribution in [0.3, 0.4) is 0 Å². The molecule has 0 saturated carbocycles. The van der Waals surface area contributed by atoms with Gasteiger partial charge in [0.2, 0.25) is 0 Å². The van der Waals surface area contributed by atoms with E-state index in [0.29, 0.717) is 18.5 Å². The molecular weight excluding hydrogens is 236 g/mol. The molecule has 0 heterocycles. The topological polar surface area (TPSA) is 47.3 Å². The Hall–Kier alpha value is -1.06. The van der Waals surface area contributed by atoms with Crippen molar-refractivity contribution in [2.45, 2.75) is 39.7 Å². The zero-order chi connectivity index (χ0) is 14.3. The molecule has 0 fully saturated rings. The van der Waals surface area contributed by atoms with Crippen LogP contribution in [0.4, 0.5) is 0 Å². The van der Waals surface area contributed by atoms with Gasteiger partial charge in [-0.25, -0.2) is 0 Å². The van der Waals surface area contributed by atoms with Crippen molar-refractivity contribution in [2.75, 3.05) is 20.2 Å². The molecule has 1 aromatic carbocycles. The van der Waals surface area contributed by atoms with Gasteiger partial charge in [0, 0.05) is 12.6 Å². The SMILES string of the molecule is CCc1ccc(OC)c(CCNC(CN)C(C)C)c1. The standard InChI is InChI=1S/C16H28N2O/c1-5-13-6-7-16(19-4)14(10-13)8-9-18-15(11-17)12(2)3/h6-7,10,12,15,18H,5,8-9,11,17H2,1-4H3. The largest absolute Gasteiger partial charge is 0.496 e. The molecule has 3 N–H and O–H groups in total. The van der Waals surface area contributed by atoms with Crippen molar-refractivity contribution in [1.82, 2.24) is 5.32 Å². The second-order valence-corrected chi connectivity index (χ2v) is 5.29. The molecule has 0 aromatic heterocycles. The van der Waals surface area contributed by atoms with Crippen LogP contribution in [0.25, 0.3) is 0 Å². The van der Waals surface area contributed by atoms with E-state index in [1.165, 1.54) is 11.1 Å². The fourth-order valence-electron chi connectivity index (χ4n) is 2.23. The van der Waals surface area contributed by atoms with Crippen LogP contribution in [0.15, 0.2) is 18.2 Å². The second kappa shape index (κ2) is 8.18. The highest BCUT2D eigenvalue weighted by molar-refractivity contribution is 5.37. The van der Waals surface area contributed by atoms with Crippen molar-refractivity contribution in [3.8, 4) is 5.75 Å². The fraction of sp³-hybridized carbons (Fsp3) is 0.625. The van der Waals surface area contributed by atoms with Crippen LogP contribution in [0, 0.1) is 5.92 Å². The summed E-state index contributed by atoms with van der Waals surface area (Å²) in [5.41, 5.74) is 8.40. The maximum Gasteiger partial charge on any atom is 0.122 e. The molecule has 0 saturated heterocycles. The highest BCUT2D eigenvalue weighted by atomic mass is 16.5. The summed E-state index contributed by atoms with van der Waals surface area (Å²) in [5.74, 6) is 1.54. The zero-order valence-corrected chi connectivity index (χ0v) is 12.7. The Labute approximate surface area is 117 Å². The van der Waals surface area contributed by atoms with Crippen molar-refractivity contribution in [3.05, 3.63) is 29.3 Å². The summed E-state index contributed by atoms with van der Waals surface area (Å²) in [6.07, 6.45) is 2.03. The number of nitrogens with one attached hydrogen (secondary N) is 1. The van der Waals surface area contributed by atoms with E-state index in [2.05, 4.69) is 44.3 Å². The van der Waals surface area contributed by atoms with Gasteiger partial charge < -0.3 is 15.8 Å². The second-order valence-electron chi connectivity index (χ2n) is 5.29. The molecule has 3 nitrogen and oxygen atoms in total. The number of nitrogens with two attached hydrogens (primary N) is 1. The molecule has 1 unspecified atom stereocenters. The summed E-state index contributed by atoms with van der Waals surface area (Å²) in [7, 11) is 1.73. The highest BCUT2D eigenvalue weighted by Crippen LogP contribution is 2.20. The van der Waals surface area contributed by atoms with Gasteiger partial charge in [-0.15, -0.1) is 0 Å².